The lowest BCUT2D eigenvalue weighted by Crippen LogP contribution is -2.42. The number of nitrogens with zero attached hydrogens (tertiary/aromatic N) is 1. The highest BCUT2D eigenvalue weighted by molar-refractivity contribution is 6.48. The Morgan fingerprint density at radius 1 is 1.00 bits per heavy atom. The maximum atomic E-state index is 12.3. The first kappa shape index (κ1) is 17.8. The first-order valence-corrected chi connectivity index (χ1v) is 7.51. The molecule has 0 unspecified atom stereocenters. The van der Waals surface area contributed by atoms with Crippen LogP contribution >= 0.6 is 23.2 Å². The summed E-state index contributed by atoms with van der Waals surface area (Å²) in [6, 6.07) is 10.3. The Labute approximate surface area is 148 Å². The molecule has 0 aromatic heterocycles. The third-order valence-corrected chi connectivity index (χ3v) is 3.42. The van der Waals surface area contributed by atoms with Gasteiger partial charge in [-0.05, 0) is 42.5 Å². The molecule has 2 aromatic carbocycles. The van der Waals surface area contributed by atoms with Gasteiger partial charge < -0.3 is 11.1 Å². The average molecular weight is 366 g/mol. The number of hydrogen-bond acceptors (Lipinski definition) is 4. The molecule has 0 saturated carbocycles. The lowest BCUT2D eigenvalue weighted by atomic mass is 10.2. The number of rotatable bonds is 2. The number of anilines is 3. The number of amides is 3. The number of halogens is 2. The molecular formula is C16H13Cl2N3O3. The molecule has 3 amide bonds. The predicted molar refractivity (Wildman–Crippen MR) is 94.1 cm³/mol. The molecule has 0 saturated heterocycles. The quantitative estimate of drug-likeness (QED) is 0.631. The number of carbonyl (C=O) groups is 3. The second-order valence-electron chi connectivity index (χ2n) is 4.86. The van der Waals surface area contributed by atoms with E-state index in [-0.39, 0.29) is 11.4 Å². The van der Waals surface area contributed by atoms with Crippen molar-refractivity contribution in [3.05, 3.63) is 52.5 Å². The largest absolute Gasteiger partial charge is 0.399 e. The lowest BCUT2D eigenvalue weighted by Gasteiger charge is -2.19. The van der Waals surface area contributed by atoms with E-state index in [0.29, 0.717) is 15.7 Å². The highest BCUT2D eigenvalue weighted by atomic mass is 35.5. The van der Waals surface area contributed by atoms with Crippen LogP contribution in [0.4, 0.5) is 17.1 Å². The number of benzene rings is 2. The SMILES string of the molecule is CC(=O)N(C(=O)C(=O)Nc1cc(Cl)cc(Cl)c1)c1ccc(N)cc1. The zero-order chi connectivity index (χ0) is 17.9. The number of nitrogens with one attached hydrogen (secondary N) is 1. The summed E-state index contributed by atoms with van der Waals surface area (Å²) in [7, 11) is 0. The molecule has 6 nitrogen and oxygen atoms in total. The van der Waals surface area contributed by atoms with Gasteiger partial charge in [0.05, 0.1) is 5.69 Å². The number of imide groups is 1. The molecule has 0 aliphatic carbocycles. The fraction of sp³-hybridized carbons (Fsp3) is 0.0625. The first-order valence-electron chi connectivity index (χ1n) is 6.75. The molecule has 0 aliphatic heterocycles. The molecule has 0 heterocycles. The zero-order valence-corrected chi connectivity index (χ0v) is 14.1. The number of hydrogen-bond donors (Lipinski definition) is 2. The van der Waals surface area contributed by atoms with Crippen LogP contribution in [0.1, 0.15) is 6.92 Å². The summed E-state index contributed by atoms with van der Waals surface area (Å²) in [6.45, 7) is 1.18. The Morgan fingerprint density at radius 2 is 1.54 bits per heavy atom. The van der Waals surface area contributed by atoms with Gasteiger partial charge in [-0.25, -0.2) is 4.90 Å². The van der Waals surface area contributed by atoms with Crippen LogP contribution in [0.25, 0.3) is 0 Å². The third kappa shape index (κ3) is 4.24. The summed E-state index contributed by atoms with van der Waals surface area (Å²) in [6.07, 6.45) is 0. The van der Waals surface area contributed by atoms with Gasteiger partial charge >= 0.3 is 11.8 Å². The standard InChI is InChI=1S/C16H13Cl2N3O3/c1-9(22)21(14-4-2-12(19)3-5-14)16(24)15(23)20-13-7-10(17)6-11(18)8-13/h2-8H,19H2,1H3,(H,20,23). The van der Waals surface area contributed by atoms with E-state index in [9.17, 15) is 14.4 Å². The van der Waals surface area contributed by atoms with Gasteiger partial charge in [0, 0.05) is 28.3 Å². The van der Waals surface area contributed by atoms with Crippen LogP contribution in [0.5, 0.6) is 0 Å². The third-order valence-electron chi connectivity index (χ3n) is 2.98. The van der Waals surface area contributed by atoms with E-state index in [4.69, 9.17) is 28.9 Å². The summed E-state index contributed by atoms with van der Waals surface area (Å²) in [5.41, 5.74) is 6.52. The van der Waals surface area contributed by atoms with E-state index in [2.05, 4.69) is 5.32 Å². The van der Waals surface area contributed by atoms with E-state index >= 15 is 0 Å². The van der Waals surface area contributed by atoms with E-state index in [1.54, 1.807) is 0 Å². The van der Waals surface area contributed by atoms with Crippen LogP contribution in [0.3, 0.4) is 0 Å². The normalized spacial score (nSPS) is 10.1. The van der Waals surface area contributed by atoms with Crippen molar-refractivity contribution in [3.8, 4) is 0 Å². The van der Waals surface area contributed by atoms with Crippen LogP contribution in [0.2, 0.25) is 10.0 Å². The summed E-state index contributed by atoms with van der Waals surface area (Å²) < 4.78 is 0. The highest BCUT2D eigenvalue weighted by Gasteiger charge is 2.27. The Hall–Kier alpha value is -2.57. The molecule has 8 heteroatoms. The highest BCUT2D eigenvalue weighted by Crippen LogP contribution is 2.23. The minimum atomic E-state index is -1.04. The Kier molecular flexibility index (Phi) is 5.43. The van der Waals surface area contributed by atoms with Crippen molar-refractivity contribution >= 4 is 58.0 Å². The van der Waals surface area contributed by atoms with Crippen molar-refractivity contribution < 1.29 is 14.4 Å². The van der Waals surface area contributed by atoms with Crippen LogP contribution in [-0.2, 0) is 14.4 Å². The second-order valence-corrected chi connectivity index (χ2v) is 5.74. The second kappa shape index (κ2) is 7.33. The monoisotopic (exact) mass is 365 g/mol. The molecule has 0 fully saturated rings. The molecular weight excluding hydrogens is 353 g/mol. The summed E-state index contributed by atoms with van der Waals surface area (Å²) in [4.78, 5) is 37.0. The fourth-order valence-electron chi connectivity index (χ4n) is 1.98. The van der Waals surface area contributed by atoms with Gasteiger partial charge in [0.15, 0.2) is 0 Å². The van der Waals surface area contributed by atoms with E-state index in [1.807, 2.05) is 0 Å². The predicted octanol–water partition coefficient (Wildman–Crippen LogP) is 3.09. The van der Waals surface area contributed by atoms with E-state index in [0.717, 1.165) is 4.90 Å². The Bertz CT molecular complexity index is 786. The molecule has 2 rings (SSSR count). The van der Waals surface area contributed by atoms with Gasteiger partial charge in [-0.15, -0.1) is 0 Å². The van der Waals surface area contributed by atoms with Crippen molar-refractivity contribution in [1.29, 1.82) is 0 Å². The lowest BCUT2D eigenvalue weighted by molar-refractivity contribution is -0.136. The number of nitrogen functional groups attached to an aromatic ring is 1. The maximum absolute atomic E-state index is 12.3. The average Bonchev–Trinajstić information content (AvgIpc) is 2.47. The Morgan fingerprint density at radius 3 is 2.04 bits per heavy atom. The van der Waals surface area contributed by atoms with E-state index < -0.39 is 17.7 Å². The Balaban J connectivity index is 2.24. The molecule has 124 valence electrons. The first-order chi connectivity index (χ1) is 11.3. The molecule has 3 N–H and O–H groups in total. The van der Waals surface area contributed by atoms with Gasteiger partial charge in [-0.1, -0.05) is 23.2 Å². The van der Waals surface area contributed by atoms with Crippen molar-refractivity contribution in [3.63, 3.8) is 0 Å². The van der Waals surface area contributed by atoms with Gasteiger partial charge in [-0.3, -0.25) is 14.4 Å². The molecule has 0 aliphatic rings. The molecule has 0 spiro atoms. The van der Waals surface area contributed by atoms with Crippen molar-refractivity contribution in [2.45, 2.75) is 6.92 Å². The molecule has 2 aromatic rings. The van der Waals surface area contributed by atoms with E-state index in [1.165, 1.54) is 49.4 Å². The van der Waals surface area contributed by atoms with Crippen molar-refractivity contribution in [1.82, 2.24) is 0 Å². The maximum Gasteiger partial charge on any atom is 0.323 e. The van der Waals surface area contributed by atoms with Gasteiger partial charge in [0.25, 0.3) is 0 Å². The van der Waals surface area contributed by atoms with Gasteiger partial charge in [-0.2, -0.15) is 0 Å². The van der Waals surface area contributed by atoms with Crippen LogP contribution in [0, 0.1) is 0 Å². The molecule has 0 atom stereocenters. The van der Waals surface area contributed by atoms with Crippen molar-refractivity contribution in [2.75, 3.05) is 16.0 Å². The van der Waals surface area contributed by atoms with Gasteiger partial charge in [0.2, 0.25) is 5.91 Å². The van der Waals surface area contributed by atoms with Gasteiger partial charge in [0.1, 0.15) is 0 Å². The zero-order valence-electron chi connectivity index (χ0n) is 12.5. The summed E-state index contributed by atoms with van der Waals surface area (Å²) >= 11 is 11.7. The van der Waals surface area contributed by atoms with Crippen LogP contribution < -0.4 is 16.0 Å². The smallest absolute Gasteiger partial charge is 0.323 e. The minimum Gasteiger partial charge on any atom is -0.399 e. The van der Waals surface area contributed by atoms with Crippen molar-refractivity contribution in [2.24, 2.45) is 0 Å². The van der Waals surface area contributed by atoms with Crippen LogP contribution in [-0.4, -0.2) is 17.7 Å². The fourth-order valence-corrected chi connectivity index (χ4v) is 2.50. The molecule has 0 radical (unpaired) electrons. The number of nitrogens with two attached hydrogens (primary N) is 1. The summed E-state index contributed by atoms with van der Waals surface area (Å²) in [5, 5.41) is 2.96. The summed E-state index contributed by atoms with van der Waals surface area (Å²) in [5.74, 6) is -2.65. The molecule has 24 heavy (non-hydrogen) atoms. The number of carbonyl (C=O) groups excluding carboxylic acids is 3. The molecule has 0 bridgehead atoms. The van der Waals surface area contributed by atoms with Crippen LogP contribution in [0.15, 0.2) is 42.5 Å². The topological polar surface area (TPSA) is 92.5 Å². The minimum absolute atomic E-state index is 0.237.